The first kappa shape index (κ1) is 18.4. The van der Waals surface area contributed by atoms with Gasteiger partial charge in [-0.05, 0) is 24.6 Å². The minimum absolute atomic E-state index is 0.254. The minimum atomic E-state index is -0.272. The highest BCUT2D eigenvalue weighted by Crippen LogP contribution is 2.27. The predicted octanol–water partition coefficient (Wildman–Crippen LogP) is 4.95. The van der Waals surface area contributed by atoms with Crippen LogP contribution in [0.2, 0.25) is 0 Å². The van der Waals surface area contributed by atoms with Gasteiger partial charge in [-0.15, -0.1) is 21.5 Å². The molecule has 0 saturated heterocycles. The lowest BCUT2D eigenvalue weighted by Crippen LogP contribution is -2.11. The van der Waals surface area contributed by atoms with Crippen LogP contribution in [-0.4, -0.2) is 21.1 Å². The maximum atomic E-state index is 13.0. The highest BCUT2D eigenvalue weighted by atomic mass is 32.1. The van der Waals surface area contributed by atoms with Gasteiger partial charge < -0.3 is 0 Å². The summed E-state index contributed by atoms with van der Waals surface area (Å²) in [6.07, 6.45) is 0.552. The third-order valence-electron chi connectivity index (χ3n) is 3.98. The molecule has 1 N–H and O–H groups in total. The Bertz CT molecular complexity index is 1110. The standard InChI is InChI=1S/C20H15FN4OS2/c1-12-17(27-16(22-12)11-13-7-9-15(21)10-8-13)18(26)23-20-25-24-19(28-20)14-5-3-2-4-6-14/h2-10H,11H2,1H3,(H,23,25,26). The molecule has 0 unspecified atom stereocenters. The SMILES string of the molecule is Cc1nc(Cc2ccc(F)cc2)sc1C(=O)Nc1nnc(-c2ccccc2)s1. The lowest BCUT2D eigenvalue weighted by Gasteiger charge is -1.98. The molecule has 8 heteroatoms. The van der Waals surface area contributed by atoms with Gasteiger partial charge >= 0.3 is 0 Å². The second-order valence-corrected chi connectivity index (χ2v) is 8.12. The van der Waals surface area contributed by atoms with E-state index in [-0.39, 0.29) is 11.7 Å². The normalized spacial score (nSPS) is 10.8. The van der Waals surface area contributed by atoms with Crippen LogP contribution < -0.4 is 5.32 Å². The number of amides is 1. The van der Waals surface area contributed by atoms with Crippen molar-refractivity contribution in [1.29, 1.82) is 0 Å². The molecule has 0 bridgehead atoms. The van der Waals surface area contributed by atoms with E-state index in [1.54, 1.807) is 19.1 Å². The molecule has 140 valence electrons. The van der Waals surface area contributed by atoms with Gasteiger partial charge in [-0.3, -0.25) is 10.1 Å². The first-order chi connectivity index (χ1) is 13.6. The van der Waals surface area contributed by atoms with E-state index in [1.807, 2.05) is 30.3 Å². The zero-order chi connectivity index (χ0) is 19.5. The third kappa shape index (κ3) is 4.13. The van der Waals surface area contributed by atoms with Crippen LogP contribution in [0.3, 0.4) is 0 Å². The second-order valence-electron chi connectivity index (χ2n) is 6.06. The fourth-order valence-electron chi connectivity index (χ4n) is 2.64. The van der Waals surface area contributed by atoms with Crippen LogP contribution in [0, 0.1) is 12.7 Å². The number of anilines is 1. The molecule has 0 aliphatic carbocycles. The van der Waals surface area contributed by atoms with Crippen LogP contribution in [0.4, 0.5) is 9.52 Å². The number of carbonyl (C=O) groups excluding carboxylic acids is 1. The zero-order valence-electron chi connectivity index (χ0n) is 14.8. The topological polar surface area (TPSA) is 67.8 Å². The summed E-state index contributed by atoms with van der Waals surface area (Å²) in [5.41, 5.74) is 2.56. The van der Waals surface area contributed by atoms with Crippen LogP contribution in [0.1, 0.15) is 25.9 Å². The molecule has 5 nitrogen and oxygen atoms in total. The number of nitrogens with one attached hydrogen (secondary N) is 1. The number of rotatable bonds is 5. The van der Waals surface area contributed by atoms with Crippen LogP contribution in [0.5, 0.6) is 0 Å². The third-order valence-corrected chi connectivity index (χ3v) is 6.03. The molecule has 28 heavy (non-hydrogen) atoms. The quantitative estimate of drug-likeness (QED) is 0.505. The number of aryl methyl sites for hydroxylation is 1. The molecule has 2 aromatic heterocycles. The molecule has 0 fully saturated rings. The van der Waals surface area contributed by atoms with Crippen molar-refractivity contribution in [3.63, 3.8) is 0 Å². The zero-order valence-corrected chi connectivity index (χ0v) is 16.5. The summed E-state index contributed by atoms with van der Waals surface area (Å²) in [5, 5.41) is 13.0. The Kier molecular flexibility index (Phi) is 5.23. The van der Waals surface area contributed by atoms with Gasteiger partial charge in [0.05, 0.1) is 10.7 Å². The molecule has 4 aromatic rings. The summed E-state index contributed by atoms with van der Waals surface area (Å²) in [7, 11) is 0. The van der Waals surface area contributed by atoms with Gasteiger partial charge in [-0.1, -0.05) is 53.8 Å². The molecule has 0 spiro atoms. The van der Waals surface area contributed by atoms with E-state index in [0.717, 1.165) is 21.1 Å². The van der Waals surface area contributed by atoms with E-state index in [9.17, 15) is 9.18 Å². The Labute approximate surface area is 168 Å². The van der Waals surface area contributed by atoms with Crippen LogP contribution >= 0.6 is 22.7 Å². The molecule has 0 saturated carbocycles. The average molecular weight is 410 g/mol. The summed E-state index contributed by atoms with van der Waals surface area (Å²) in [6, 6.07) is 16.0. The van der Waals surface area contributed by atoms with Crippen LogP contribution in [0.15, 0.2) is 54.6 Å². The molecule has 4 rings (SSSR count). The summed E-state index contributed by atoms with van der Waals surface area (Å²) in [5.74, 6) is -0.526. The van der Waals surface area contributed by atoms with Crippen molar-refractivity contribution >= 4 is 33.7 Å². The summed E-state index contributed by atoms with van der Waals surface area (Å²) in [6.45, 7) is 1.80. The van der Waals surface area contributed by atoms with E-state index in [4.69, 9.17) is 0 Å². The lowest BCUT2D eigenvalue weighted by molar-refractivity contribution is 0.102. The Balaban J connectivity index is 1.47. The highest BCUT2D eigenvalue weighted by Gasteiger charge is 2.17. The van der Waals surface area contributed by atoms with Gasteiger partial charge in [0, 0.05) is 12.0 Å². The fourth-order valence-corrected chi connectivity index (χ4v) is 4.38. The highest BCUT2D eigenvalue weighted by molar-refractivity contribution is 7.18. The summed E-state index contributed by atoms with van der Waals surface area (Å²) >= 11 is 2.65. The number of halogens is 1. The maximum absolute atomic E-state index is 13.0. The van der Waals surface area contributed by atoms with Crippen molar-refractivity contribution in [3.8, 4) is 10.6 Å². The number of carbonyl (C=O) groups is 1. The minimum Gasteiger partial charge on any atom is -0.296 e. The first-order valence-corrected chi connectivity index (χ1v) is 10.1. The number of aromatic nitrogens is 3. The maximum Gasteiger partial charge on any atom is 0.269 e. The largest absolute Gasteiger partial charge is 0.296 e. The first-order valence-electron chi connectivity index (χ1n) is 8.49. The van der Waals surface area contributed by atoms with E-state index in [2.05, 4.69) is 20.5 Å². The molecule has 1 amide bonds. The lowest BCUT2D eigenvalue weighted by atomic mass is 10.1. The van der Waals surface area contributed by atoms with Crippen molar-refractivity contribution in [2.45, 2.75) is 13.3 Å². The Hall–Kier alpha value is -2.97. The fraction of sp³-hybridized carbons (Fsp3) is 0.100. The summed E-state index contributed by atoms with van der Waals surface area (Å²) < 4.78 is 13.0. The molecule has 0 atom stereocenters. The molecular formula is C20H15FN4OS2. The monoisotopic (exact) mass is 410 g/mol. The molecular weight excluding hydrogens is 395 g/mol. The smallest absolute Gasteiger partial charge is 0.269 e. The number of nitrogens with zero attached hydrogens (tertiary/aromatic N) is 3. The van der Waals surface area contributed by atoms with Crippen molar-refractivity contribution in [3.05, 3.63) is 81.6 Å². The van der Waals surface area contributed by atoms with E-state index >= 15 is 0 Å². The molecule has 0 radical (unpaired) electrons. The molecule has 0 aliphatic rings. The van der Waals surface area contributed by atoms with E-state index < -0.39 is 0 Å². The van der Waals surface area contributed by atoms with Gasteiger partial charge in [-0.2, -0.15) is 0 Å². The number of benzene rings is 2. The van der Waals surface area contributed by atoms with Crippen molar-refractivity contribution in [2.75, 3.05) is 5.32 Å². The van der Waals surface area contributed by atoms with Gasteiger partial charge in [0.1, 0.15) is 15.7 Å². The van der Waals surface area contributed by atoms with Crippen LogP contribution in [0.25, 0.3) is 10.6 Å². The predicted molar refractivity (Wildman–Crippen MR) is 109 cm³/mol. The Morgan fingerprint density at radius 1 is 1.04 bits per heavy atom. The Morgan fingerprint density at radius 2 is 1.79 bits per heavy atom. The number of hydrogen-bond donors (Lipinski definition) is 1. The summed E-state index contributed by atoms with van der Waals surface area (Å²) in [4.78, 5) is 17.7. The van der Waals surface area contributed by atoms with Crippen LogP contribution in [-0.2, 0) is 6.42 Å². The molecule has 2 heterocycles. The van der Waals surface area contributed by atoms with Gasteiger partial charge in [0.25, 0.3) is 5.91 Å². The molecule has 0 aliphatic heterocycles. The van der Waals surface area contributed by atoms with Crippen molar-refractivity contribution in [1.82, 2.24) is 15.2 Å². The average Bonchev–Trinajstić information content (AvgIpc) is 3.31. The number of thiazole rings is 1. The van der Waals surface area contributed by atoms with Gasteiger partial charge in [-0.25, -0.2) is 9.37 Å². The molecule has 2 aromatic carbocycles. The van der Waals surface area contributed by atoms with Crippen molar-refractivity contribution in [2.24, 2.45) is 0 Å². The van der Waals surface area contributed by atoms with Crippen molar-refractivity contribution < 1.29 is 9.18 Å². The second kappa shape index (κ2) is 7.95. The van der Waals surface area contributed by atoms with Gasteiger partial charge in [0.15, 0.2) is 0 Å². The number of hydrogen-bond acceptors (Lipinski definition) is 6. The Morgan fingerprint density at radius 3 is 2.54 bits per heavy atom. The van der Waals surface area contributed by atoms with E-state index in [1.165, 1.54) is 34.8 Å². The van der Waals surface area contributed by atoms with E-state index in [0.29, 0.717) is 22.1 Å². The van der Waals surface area contributed by atoms with Gasteiger partial charge in [0.2, 0.25) is 5.13 Å².